The lowest BCUT2D eigenvalue weighted by atomic mass is 10.4. The largest absolute Gasteiger partial charge is 0.343 e. The monoisotopic (exact) mass is 252 g/mol. The number of nitrogen functional groups attached to an aromatic ring is 1. The quantitative estimate of drug-likeness (QED) is 0.405. The molecule has 0 atom stereocenters. The summed E-state index contributed by atoms with van der Waals surface area (Å²) in [6, 6.07) is 5.53. The Balaban J connectivity index is 2.07. The van der Waals surface area contributed by atoms with Crippen molar-refractivity contribution in [3.05, 3.63) is 34.4 Å². The van der Waals surface area contributed by atoms with E-state index < -0.39 is 0 Å². The summed E-state index contributed by atoms with van der Waals surface area (Å²) >= 11 is 1.43. The first-order chi connectivity index (χ1) is 8.20. The Morgan fingerprint density at radius 1 is 1.59 bits per heavy atom. The first-order valence-corrected chi connectivity index (χ1v) is 5.86. The van der Waals surface area contributed by atoms with Gasteiger partial charge >= 0.3 is 5.69 Å². The fourth-order valence-electron chi connectivity index (χ4n) is 1.24. The van der Waals surface area contributed by atoms with Crippen molar-refractivity contribution < 1.29 is 0 Å². The van der Waals surface area contributed by atoms with Crippen LogP contribution in [0.3, 0.4) is 0 Å². The summed E-state index contributed by atoms with van der Waals surface area (Å²) in [5.74, 6) is 6.50. The highest BCUT2D eigenvalue weighted by Gasteiger charge is 2.05. The van der Waals surface area contributed by atoms with E-state index in [0.29, 0.717) is 16.7 Å². The fraction of sp³-hybridized carbons (Fsp3) is 0.222. The van der Waals surface area contributed by atoms with Crippen LogP contribution in [0.15, 0.2) is 28.2 Å². The average Bonchev–Trinajstić information content (AvgIpc) is 2.68. The second kappa shape index (κ2) is 5.02. The van der Waals surface area contributed by atoms with Gasteiger partial charge in [0, 0.05) is 12.8 Å². The summed E-state index contributed by atoms with van der Waals surface area (Å²) < 4.78 is 1.45. The van der Waals surface area contributed by atoms with E-state index >= 15 is 0 Å². The summed E-state index contributed by atoms with van der Waals surface area (Å²) in [7, 11) is 1.67. The van der Waals surface area contributed by atoms with Crippen LogP contribution in [-0.2, 0) is 12.8 Å². The Morgan fingerprint density at radius 3 is 3.06 bits per heavy atom. The number of aromatic amines is 1. The molecule has 0 saturated heterocycles. The molecule has 4 N–H and O–H groups in total. The number of hydrogen-bond donors (Lipinski definition) is 3. The molecule has 0 amide bonds. The van der Waals surface area contributed by atoms with Gasteiger partial charge < -0.3 is 5.43 Å². The van der Waals surface area contributed by atoms with Crippen LogP contribution in [0, 0.1) is 0 Å². The Morgan fingerprint density at radius 2 is 2.41 bits per heavy atom. The number of hydrazine groups is 1. The fourth-order valence-corrected chi connectivity index (χ4v) is 2.06. The van der Waals surface area contributed by atoms with Crippen molar-refractivity contribution in [1.29, 1.82) is 0 Å². The van der Waals surface area contributed by atoms with E-state index in [9.17, 15) is 4.79 Å². The van der Waals surface area contributed by atoms with Gasteiger partial charge in [-0.1, -0.05) is 17.8 Å². The molecule has 0 radical (unpaired) electrons. The van der Waals surface area contributed by atoms with Crippen molar-refractivity contribution in [2.75, 3.05) is 5.43 Å². The van der Waals surface area contributed by atoms with Gasteiger partial charge in [-0.15, -0.1) is 5.10 Å². The van der Waals surface area contributed by atoms with Crippen LogP contribution in [0.2, 0.25) is 0 Å². The minimum Gasteiger partial charge on any atom is -0.308 e. The molecule has 2 aromatic rings. The zero-order valence-corrected chi connectivity index (χ0v) is 9.99. The summed E-state index contributed by atoms with van der Waals surface area (Å²) in [6.45, 7) is 0. The highest BCUT2D eigenvalue weighted by Crippen LogP contribution is 2.18. The van der Waals surface area contributed by atoms with Gasteiger partial charge in [-0.3, -0.25) is 4.57 Å². The Hall–Kier alpha value is -1.80. The third-order valence-electron chi connectivity index (χ3n) is 2.14. The van der Waals surface area contributed by atoms with Crippen molar-refractivity contribution in [3.8, 4) is 0 Å². The molecule has 0 fully saturated rings. The predicted molar refractivity (Wildman–Crippen MR) is 65.4 cm³/mol. The lowest BCUT2D eigenvalue weighted by Gasteiger charge is -2.02. The zero-order valence-electron chi connectivity index (χ0n) is 9.17. The summed E-state index contributed by atoms with van der Waals surface area (Å²) in [5.41, 5.74) is 3.12. The number of nitrogens with zero attached hydrogens (tertiary/aromatic N) is 3. The summed E-state index contributed by atoms with van der Waals surface area (Å²) in [6.07, 6.45) is 0. The zero-order chi connectivity index (χ0) is 12.3. The smallest absolute Gasteiger partial charge is 0.308 e. The lowest BCUT2D eigenvalue weighted by molar-refractivity contribution is 0.765. The van der Waals surface area contributed by atoms with Gasteiger partial charge in [0.15, 0.2) is 5.16 Å². The molecule has 0 aromatic carbocycles. The topological polar surface area (TPSA) is 102 Å². The number of rotatable bonds is 4. The molecule has 7 nitrogen and oxygen atoms in total. The van der Waals surface area contributed by atoms with Gasteiger partial charge in [-0.25, -0.2) is 20.7 Å². The van der Waals surface area contributed by atoms with Crippen LogP contribution in [0.25, 0.3) is 0 Å². The molecule has 0 saturated carbocycles. The third-order valence-corrected chi connectivity index (χ3v) is 3.21. The highest BCUT2D eigenvalue weighted by atomic mass is 32.2. The molecule has 0 aliphatic rings. The number of thioether (sulfide) groups is 1. The predicted octanol–water partition coefficient (Wildman–Crippen LogP) is 0.0813. The summed E-state index contributed by atoms with van der Waals surface area (Å²) in [5, 5.41) is 6.90. The van der Waals surface area contributed by atoms with Gasteiger partial charge in [-0.05, 0) is 12.1 Å². The van der Waals surface area contributed by atoms with E-state index in [4.69, 9.17) is 5.84 Å². The minimum atomic E-state index is -0.224. The molecular formula is C9H12N6OS. The molecule has 17 heavy (non-hydrogen) atoms. The van der Waals surface area contributed by atoms with Crippen molar-refractivity contribution in [2.45, 2.75) is 10.9 Å². The van der Waals surface area contributed by atoms with Crippen LogP contribution in [0.4, 0.5) is 5.82 Å². The van der Waals surface area contributed by atoms with Crippen LogP contribution in [0.5, 0.6) is 0 Å². The second-order valence-corrected chi connectivity index (χ2v) is 4.26. The van der Waals surface area contributed by atoms with E-state index in [0.717, 1.165) is 5.69 Å². The van der Waals surface area contributed by atoms with Gasteiger partial charge in [-0.2, -0.15) is 0 Å². The molecule has 2 heterocycles. The highest BCUT2D eigenvalue weighted by molar-refractivity contribution is 7.98. The molecule has 0 aliphatic heterocycles. The van der Waals surface area contributed by atoms with Gasteiger partial charge in [0.25, 0.3) is 0 Å². The molecule has 0 aliphatic carbocycles. The van der Waals surface area contributed by atoms with Crippen molar-refractivity contribution in [2.24, 2.45) is 12.9 Å². The molecule has 0 spiro atoms. The molecule has 8 heteroatoms. The standard InChI is InChI=1S/C9H12N6OS/c1-15-8(16)13-14-9(15)17-5-6-3-2-4-7(11-6)12-10/h2-4H,5,10H2,1H3,(H,11,12)(H,13,16). The Labute approximate surface area is 101 Å². The number of aromatic nitrogens is 4. The molecule has 2 rings (SSSR count). The number of pyridine rings is 1. The minimum absolute atomic E-state index is 0.224. The van der Waals surface area contributed by atoms with Crippen LogP contribution >= 0.6 is 11.8 Å². The van der Waals surface area contributed by atoms with Crippen molar-refractivity contribution in [3.63, 3.8) is 0 Å². The van der Waals surface area contributed by atoms with Gasteiger partial charge in [0.05, 0.1) is 5.69 Å². The molecule has 0 unspecified atom stereocenters. The Bertz CT molecular complexity index is 563. The maximum absolute atomic E-state index is 11.1. The number of hydrogen-bond acceptors (Lipinski definition) is 6. The third kappa shape index (κ3) is 2.66. The van der Waals surface area contributed by atoms with Crippen molar-refractivity contribution >= 4 is 17.6 Å². The first-order valence-electron chi connectivity index (χ1n) is 4.87. The number of nitrogens with one attached hydrogen (secondary N) is 2. The molecule has 0 bridgehead atoms. The first kappa shape index (κ1) is 11.7. The maximum atomic E-state index is 11.1. The molecular weight excluding hydrogens is 240 g/mol. The van der Waals surface area contributed by atoms with Crippen LogP contribution in [0.1, 0.15) is 5.69 Å². The van der Waals surface area contributed by atoms with E-state index in [-0.39, 0.29) is 5.69 Å². The lowest BCUT2D eigenvalue weighted by Crippen LogP contribution is -2.13. The SMILES string of the molecule is Cn1c(SCc2cccc(NN)n2)n[nH]c1=O. The number of H-pyrrole nitrogens is 1. The van der Waals surface area contributed by atoms with E-state index in [2.05, 4.69) is 20.6 Å². The summed E-state index contributed by atoms with van der Waals surface area (Å²) in [4.78, 5) is 15.4. The Kier molecular flexibility index (Phi) is 3.45. The average molecular weight is 252 g/mol. The van der Waals surface area contributed by atoms with Crippen molar-refractivity contribution in [1.82, 2.24) is 19.7 Å². The molecule has 90 valence electrons. The van der Waals surface area contributed by atoms with Gasteiger partial charge in [0.1, 0.15) is 5.82 Å². The van der Waals surface area contributed by atoms with Crippen LogP contribution < -0.4 is 17.0 Å². The van der Waals surface area contributed by atoms with E-state index in [1.165, 1.54) is 16.3 Å². The normalized spacial score (nSPS) is 10.5. The van der Waals surface area contributed by atoms with Crippen LogP contribution in [-0.4, -0.2) is 19.7 Å². The second-order valence-electron chi connectivity index (χ2n) is 3.32. The van der Waals surface area contributed by atoms with Gasteiger partial charge in [0.2, 0.25) is 0 Å². The van der Waals surface area contributed by atoms with E-state index in [1.807, 2.05) is 12.1 Å². The molecule has 2 aromatic heterocycles. The van der Waals surface area contributed by atoms with E-state index in [1.54, 1.807) is 13.1 Å². The maximum Gasteiger partial charge on any atom is 0.343 e. The number of anilines is 1. The number of nitrogens with two attached hydrogens (primary N) is 1.